The van der Waals surface area contributed by atoms with E-state index < -0.39 is 6.03 Å². The van der Waals surface area contributed by atoms with Gasteiger partial charge < -0.3 is 31.3 Å². The fourth-order valence-electron chi connectivity index (χ4n) is 9.95. The van der Waals surface area contributed by atoms with E-state index in [0.29, 0.717) is 71.1 Å². The van der Waals surface area contributed by atoms with Gasteiger partial charge in [0.1, 0.15) is 17.4 Å². The van der Waals surface area contributed by atoms with Crippen LogP contribution in [0.25, 0.3) is 0 Å². The summed E-state index contributed by atoms with van der Waals surface area (Å²) in [5.41, 5.74) is 4.53. The minimum atomic E-state index is -0.409. The van der Waals surface area contributed by atoms with Gasteiger partial charge in [0.25, 0.3) is 0 Å². The maximum atomic E-state index is 13.3. The summed E-state index contributed by atoms with van der Waals surface area (Å²) >= 11 is 0. The largest absolute Gasteiger partial charge is 0.396 e. The number of Topliss-reactive ketones (excluding diaryl/α,β-unsaturated/α-hetero) is 5. The fraction of sp³-hybridized carbons (Fsp3) is 0.466. The predicted octanol–water partition coefficient (Wildman–Crippen LogP) is 11.1. The fourth-order valence-corrected chi connectivity index (χ4v) is 9.95. The van der Waals surface area contributed by atoms with Crippen LogP contribution in [-0.2, 0) is 17.6 Å². The number of halogens is 2. The Bertz CT molecular complexity index is 2520. The first-order chi connectivity index (χ1) is 35.3. The van der Waals surface area contributed by atoms with Crippen LogP contribution in [0.5, 0.6) is 0 Å². The first-order valence-electron chi connectivity index (χ1n) is 25.9. The van der Waals surface area contributed by atoms with E-state index in [0.717, 1.165) is 101 Å². The van der Waals surface area contributed by atoms with E-state index >= 15 is 0 Å². The number of benzene rings is 4. The lowest BCUT2D eigenvalue weighted by Crippen LogP contribution is -2.45. The van der Waals surface area contributed by atoms with Crippen molar-refractivity contribution in [2.75, 3.05) is 56.5 Å². The van der Waals surface area contributed by atoms with Crippen LogP contribution in [-0.4, -0.2) is 114 Å². The standard InChI is InChI=1S/C29H36FN3O4.C29H38FN3O4.5H2/c1-19(34)18-33-12-10-23(13-22-6-8-26(30)9-7-22)14-28(33)5-4-11-31-29(37)32-27-16-24(20(2)35)15-25(17-27)21(3)36;1-20(35)24-17-25(21(2)36)19-27(18-24)32-29(37)31-11-3-5-28-16-23(10-13-33(28)12-4-14-34)15-22-6-8-26(30)9-7-22;;;;;/h6-9,15-17,23,28H,4-5,10-14,18H2,1-3H3,(H2,31,32,37);6-9,17-19,23,28,34H,3-5,10-16H2,1-2H3,(H2,31,32,37);5*1H/t2*23-,28-;;;;;/m00...../s1. The highest BCUT2D eigenvalue weighted by Crippen LogP contribution is 2.30. The van der Waals surface area contributed by atoms with Crippen molar-refractivity contribution in [1.29, 1.82) is 0 Å². The van der Waals surface area contributed by atoms with E-state index in [-0.39, 0.29) is 66.4 Å². The van der Waals surface area contributed by atoms with Crippen LogP contribution >= 0.6 is 0 Å². The van der Waals surface area contributed by atoms with Gasteiger partial charge in [-0.1, -0.05) is 24.3 Å². The maximum absolute atomic E-state index is 13.3. The molecule has 0 aromatic heterocycles. The summed E-state index contributed by atoms with van der Waals surface area (Å²) in [4.78, 5) is 88.5. The average molecular weight is 1030 g/mol. The molecule has 14 nitrogen and oxygen atoms in total. The topological polar surface area (TPSA) is 194 Å². The number of anilines is 2. The van der Waals surface area contributed by atoms with Crippen molar-refractivity contribution in [3.8, 4) is 0 Å². The van der Waals surface area contributed by atoms with Gasteiger partial charge >= 0.3 is 12.1 Å². The van der Waals surface area contributed by atoms with E-state index in [4.69, 9.17) is 0 Å². The third-order valence-corrected chi connectivity index (χ3v) is 13.8. The lowest BCUT2D eigenvalue weighted by Gasteiger charge is -2.40. The van der Waals surface area contributed by atoms with Gasteiger partial charge in [0.15, 0.2) is 23.1 Å². The Balaban J connectivity index is 0.00000145. The molecular weight excluding hydrogens is 947 g/mol. The number of likely N-dealkylation sites (tertiary alicyclic amines) is 2. The molecule has 2 saturated heterocycles. The van der Waals surface area contributed by atoms with Crippen molar-refractivity contribution in [2.45, 2.75) is 117 Å². The Labute approximate surface area is 441 Å². The molecule has 0 bridgehead atoms. The molecule has 0 unspecified atom stereocenters. The lowest BCUT2D eigenvalue weighted by molar-refractivity contribution is -0.119. The van der Waals surface area contributed by atoms with Gasteiger partial charge in [0.05, 0.1) is 6.54 Å². The summed E-state index contributed by atoms with van der Waals surface area (Å²) < 4.78 is 26.5. The van der Waals surface area contributed by atoms with Crippen LogP contribution in [0.1, 0.15) is 152 Å². The summed E-state index contributed by atoms with van der Waals surface area (Å²) in [5.74, 6) is -0.0794. The first kappa shape index (κ1) is 58.4. The number of aliphatic hydroxyl groups excluding tert-OH is 1. The number of nitrogens with one attached hydrogen (secondary N) is 4. The van der Waals surface area contributed by atoms with Gasteiger partial charge in [0, 0.05) is 79.1 Å². The van der Waals surface area contributed by atoms with E-state index in [9.17, 15) is 47.4 Å². The molecule has 4 aromatic carbocycles. The van der Waals surface area contributed by atoms with Gasteiger partial charge in [-0.2, -0.15) is 0 Å². The molecule has 2 heterocycles. The number of hydrogen-bond donors (Lipinski definition) is 5. The maximum Gasteiger partial charge on any atom is 0.319 e. The second-order valence-electron chi connectivity index (χ2n) is 19.9. The van der Waals surface area contributed by atoms with Gasteiger partial charge in [-0.3, -0.25) is 28.9 Å². The molecule has 2 aliphatic rings. The lowest BCUT2D eigenvalue weighted by atomic mass is 9.84. The molecule has 4 amide bonds. The zero-order chi connectivity index (χ0) is 53.7. The summed E-state index contributed by atoms with van der Waals surface area (Å²) in [5, 5.41) is 20.4. The normalized spacial score (nSPS) is 17.8. The molecule has 74 heavy (non-hydrogen) atoms. The summed E-state index contributed by atoms with van der Waals surface area (Å²) in [6.45, 7) is 11.5. The molecule has 5 N–H and O–H groups in total. The second-order valence-corrected chi connectivity index (χ2v) is 19.9. The van der Waals surface area contributed by atoms with Crippen LogP contribution in [0.2, 0.25) is 0 Å². The molecule has 2 fully saturated rings. The highest BCUT2D eigenvalue weighted by Gasteiger charge is 2.30. The number of carbonyl (C=O) groups excluding carboxylic acids is 7. The van der Waals surface area contributed by atoms with Gasteiger partial charge in [-0.25, -0.2) is 18.4 Å². The Kier molecular flexibility index (Phi) is 23.2. The van der Waals surface area contributed by atoms with Crippen LogP contribution in [0.3, 0.4) is 0 Å². The zero-order valence-electron chi connectivity index (χ0n) is 43.6. The minimum Gasteiger partial charge on any atom is -0.396 e. The number of aliphatic hydroxyl groups is 1. The van der Waals surface area contributed by atoms with E-state index in [2.05, 4.69) is 31.1 Å². The first-order valence-corrected chi connectivity index (χ1v) is 25.9. The molecule has 0 aliphatic carbocycles. The Hall–Kier alpha value is -6.49. The van der Waals surface area contributed by atoms with E-state index in [1.165, 1.54) is 64.1 Å². The molecule has 0 radical (unpaired) electrons. The number of carbonyl (C=O) groups is 7. The predicted molar refractivity (Wildman–Crippen MR) is 295 cm³/mol. The number of urea groups is 2. The van der Waals surface area contributed by atoms with Gasteiger partial charge in [-0.05, 0) is 202 Å². The molecule has 0 spiro atoms. The van der Waals surface area contributed by atoms with Crippen LogP contribution in [0.4, 0.5) is 29.7 Å². The van der Waals surface area contributed by atoms with E-state index in [1.54, 1.807) is 31.2 Å². The Morgan fingerprint density at radius 1 is 0.554 bits per heavy atom. The SMILES string of the molecule is CC(=O)CN1CC[C@@H](Cc2ccc(F)cc2)C[C@@H]1CCCNC(=O)Nc1cc(C(C)=O)cc(C(C)=O)c1.CC(=O)c1cc(NC(=O)NCCC[C@H]2C[C@H](Cc3ccc(F)cc3)CCN2CCCO)cc(C(C)=O)c1.[HH].[HH].[HH].[HH].[HH]. The number of rotatable bonds is 23. The monoisotopic (exact) mass is 1030 g/mol. The number of hydrogen-bond acceptors (Lipinski definition) is 10. The smallest absolute Gasteiger partial charge is 0.319 e. The second kappa shape index (κ2) is 29.4. The summed E-state index contributed by atoms with van der Waals surface area (Å²) in [6, 6.07) is 22.5. The third kappa shape index (κ3) is 19.7. The number of amides is 4. The highest BCUT2D eigenvalue weighted by molar-refractivity contribution is 6.03. The summed E-state index contributed by atoms with van der Waals surface area (Å²) in [6.07, 6.45) is 9.86. The molecule has 4 aromatic rings. The molecular formula is C58H84F2N6O8. The molecule has 0 saturated carbocycles. The number of nitrogens with zero attached hydrogens (tertiary/aromatic N) is 2. The quantitative estimate of drug-likeness (QED) is 0.0352. The Morgan fingerprint density at radius 3 is 1.30 bits per heavy atom. The summed E-state index contributed by atoms with van der Waals surface area (Å²) in [7, 11) is 0. The number of ketones is 5. The van der Waals surface area contributed by atoms with E-state index in [1.807, 2.05) is 24.3 Å². The van der Waals surface area contributed by atoms with Crippen LogP contribution < -0.4 is 21.3 Å². The highest BCUT2D eigenvalue weighted by atomic mass is 19.1. The number of piperidine rings is 2. The van der Waals surface area contributed by atoms with Gasteiger partial charge in [-0.15, -0.1) is 0 Å². The van der Waals surface area contributed by atoms with Crippen molar-refractivity contribution in [1.82, 2.24) is 20.4 Å². The van der Waals surface area contributed by atoms with Gasteiger partial charge in [0.2, 0.25) is 0 Å². The average Bonchev–Trinajstić information content (AvgIpc) is 3.35. The molecule has 4 atom stereocenters. The van der Waals surface area contributed by atoms with Crippen molar-refractivity contribution >= 4 is 52.4 Å². The third-order valence-electron chi connectivity index (χ3n) is 13.8. The Morgan fingerprint density at radius 2 is 0.932 bits per heavy atom. The van der Waals surface area contributed by atoms with Crippen molar-refractivity contribution < 1.29 is 54.6 Å². The zero-order valence-corrected chi connectivity index (χ0v) is 43.6. The van der Waals surface area contributed by atoms with Crippen LogP contribution in [0.15, 0.2) is 84.9 Å². The molecule has 16 heteroatoms. The minimum absolute atomic E-state index is 0. The van der Waals surface area contributed by atoms with Crippen molar-refractivity contribution in [2.24, 2.45) is 11.8 Å². The molecule has 2 aliphatic heterocycles. The molecule has 408 valence electrons. The van der Waals surface area contributed by atoms with Crippen molar-refractivity contribution in [3.05, 3.63) is 130 Å². The molecule has 6 rings (SSSR count). The van der Waals surface area contributed by atoms with Crippen molar-refractivity contribution in [3.63, 3.8) is 0 Å². The van der Waals surface area contributed by atoms with Crippen LogP contribution in [0, 0.1) is 23.5 Å².